The maximum absolute atomic E-state index is 12.6. The Morgan fingerprint density at radius 1 is 1.12 bits per heavy atom. The van der Waals surface area contributed by atoms with Crippen molar-refractivity contribution in [3.63, 3.8) is 0 Å². The highest BCUT2D eigenvalue weighted by molar-refractivity contribution is 7.15. The van der Waals surface area contributed by atoms with E-state index in [2.05, 4.69) is 48.0 Å². The SMILES string of the molecule is CC(C)(C)c1ccc(-c2nc3s/c(=C\c4cccnc4)c(=O)n3n2)cc1. The van der Waals surface area contributed by atoms with Crippen LogP contribution in [0.1, 0.15) is 31.9 Å². The second-order valence-corrected chi connectivity index (χ2v) is 8.17. The van der Waals surface area contributed by atoms with Gasteiger partial charge >= 0.3 is 0 Å². The molecule has 130 valence electrons. The molecule has 4 aromatic rings. The van der Waals surface area contributed by atoms with Crippen LogP contribution in [0.25, 0.3) is 22.4 Å². The molecule has 0 saturated heterocycles. The molecule has 0 fully saturated rings. The largest absolute Gasteiger partial charge is 0.291 e. The van der Waals surface area contributed by atoms with Crippen LogP contribution in [0.3, 0.4) is 0 Å². The Balaban J connectivity index is 1.74. The van der Waals surface area contributed by atoms with Gasteiger partial charge in [-0.1, -0.05) is 62.4 Å². The first-order valence-corrected chi connectivity index (χ1v) is 9.16. The van der Waals surface area contributed by atoms with E-state index in [1.165, 1.54) is 21.4 Å². The Morgan fingerprint density at radius 3 is 2.50 bits per heavy atom. The Hall–Kier alpha value is -2.86. The monoisotopic (exact) mass is 362 g/mol. The van der Waals surface area contributed by atoms with Crippen LogP contribution in [0.5, 0.6) is 0 Å². The first kappa shape index (κ1) is 16.6. The molecule has 0 N–H and O–H groups in total. The van der Waals surface area contributed by atoms with Crippen LogP contribution >= 0.6 is 11.3 Å². The molecule has 0 aliphatic heterocycles. The Bertz CT molecular complexity index is 1170. The zero-order valence-corrected chi connectivity index (χ0v) is 15.6. The molecular formula is C20H18N4OS. The van der Waals surface area contributed by atoms with Crippen LogP contribution in [-0.4, -0.2) is 19.6 Å². The average molecular weight is 362 g/mol. The van der Waals surface area contributed by atoms with Crippen molar-refractivity contribution in [3.8, 4) is 11.4 Å². The molecule has 0 bridgehead atoms. The molecule has 0 aliphatic carbocycles. The molecule has 0 spiro atoms. The molecule has 0 radical (unpaired) electrons. The number of pyridine rings is 1. The normalized spacial score (nSPS) is 12.8. The third kappa shape index (κ3) is 3.04. The van der Waals surface area contributed by atoms with Crippen LogP contribution < -0.4 is 10.1 Å². The van der Waals surface area contributed by atoms with Gasteiger partial charge in [0.05, 0.1) is 4.53 Å². The lowest BCUT2D eigenvalue weighted by molar-refractivity contribution is 0.590. The highest BCUT2D eigenvalue weighted by Gasteiger charge is 2.15. The first-order chi connectivity index (χ1) is 12.4. The molecule has 6 heteroatoms. The fraction of sp³-hybridized carbons (Fsp3) is 0.200. The predicted molar refractivity (Wildman–Crippen MR) is 104 cm³/mol. The second kappa shape index (κ2) is 6.14. The minimum atomic E-state index is -0.154. The number of hydrogen-bond acceptors (Lipinski definition) is 5. The average Bonchev–Trinajstić information content (AvgIpc) is 3.15. The summed E-state index contributed by atoms with van der Waals surface area (Å²) in [6.45, 7) is 6.53. The van der Waals surface area contributed by atoms with E-state index < -0.39 is 0 Å². The van der Waals surface area contributed by atoms with Gasteiger partial charge in [0.1, 0.15) is 0 Å². The number of hydrogen-bond donors (Lipinski definition) is 0. The second-order valence-electron chi connectivity index (χ2n) is 7.16. The summed E-state index contributed by atoms with van der Waals surface area (Å²) in [4.78, 5) is 21.8. The molecule has 26 heavy (non-hydrogen) atoms. The van der Waals surface area contributed by atoms with E-state index in [4.69, 9.17) is 0 Å². The molecule has 0 amide bonds. The number of nitrogens with zero attached hydrogens (tertiary/aromatic N) is 4. The molecule has 1 aromatic carbocycles. The molecule has 3 heterocycles. The van der Waals surface area contributed by atoms with Gasteiger partial charge < -0.3 is 0 Å². The Labute approximate surface area is 154 Å². The van der Waals surface area contributed by atoms with E-state index >= 15 is 0 Å². The van der Waals surface area contributed by atoms with Crippen molar-refractivity contribution in [3.05, 3.63) is 74.8 Å². The van der Waals surface area contributed by atoms with Gasteiger partial charge in [-0.3, -0.25) is 9.78 Å². The summed E-state index contributed by atoms with van der Waals surface area (Å²) in [6.07, 6.45) is 5.24. The zero-order valence-electron chi connectivity index (χ0n) is 14.8. The van der Waals surface area contributed by atoms with E-state index in [0.29, 0.717) is 15.3 Å². The quantitative estimate of drug-likeness (QED) is 0.550. The lowest BCUT2D eigenvalue weighted by Crippen LogP contribution is -2.23. The number of benzene rings is 1. The summed E-state index contributed by atoms with van der Waals surface area (Å²) >= 11 is 1.34. The van der Waals surface area contributed by atoms with Gasteiger partial charge in [0.2, 0.25) is 4.96 Å². The van der Waals surface area contributed by atoms with Crippen molar-refractivity contribution in [2.45, 2.75) is 26.2 Å². The summed E-state index contributed by atoms with van der Waals surface area (Å²) in [5.41, 5.74) is 2.98. The maximum atomic E-state index is 12.6. The standard InChI is InChI=1S/C20H18N4OS/c1-20(2,3)15-8-6-14(7-9-15)17-22-19-24(23-17)18(25)16(26-19)11-13-5-4-10-21-12-13/h4-12H,1-3H3/b16-11-. The van der Waals surface area contributed by atoms with Gasteiger partial charge in [-0.15, -0.1) is 5.10 Å². The Morgan fingerprint density at radius 2 is 1.88 bits per heavy atom. The molecule has 0 atom stereocenters. The predicted octanol–water partition coefficient (Wildman–Crippen LogP) is 3.06. The Kier molecular flexibility index (Phi) is 3.92. The highest BCUT2D eigenvalue weighted by Crippen LogP contribution is 2.25. The molecule has 4 rings (SSSR count). The lowest BCUT2D eigenvalue weighted by atomic mass is 9.87. The van der Waals surface area contributed by atoms with Crippen LogP contribution in [0, 0.1) is 0 Å². The first-order valence-electron chi connectivity index (χ1n) is 8.34. The number of thiazole rings is 1. The van der Waals surface area contributed by atoms with Gasteiger partial charge in [-0.2, -0.15) is 9.50 Å². The van der Waals surface area contributed by atoms with Crippen LogP contribution in [0.15, 0.2) is 53.6 Å². The summed E-state index contributed by atoms with van der Waals surface area (Å²) in [6, 6.07) is 11.9. The third-order valence-corrected chi connectivity index (χ3v) is 5.13. The maximum Gasteiger partial charge on any atom is 0.291 e. The van der Waals surface area contributed by atoms with Crippen molar-refractivity contribution < 1.29 is 0 Å². The van der Waals surface area contributed by atoms with Crippen molar-refractivity contribution in [2.24, 2.45) is 0 Å². The summed E-state index contributed by atoms with van der Waals surface area (Å²) in [5, 5.41) is 4.40. The van der Waals surface area contributed by atoms with Crippen molar-refractivity contribution in [1.82, 2.24) is 19.6 Å². The fourth-order valence-corrected chi connectivity index (χ4v) is 3.60. The van der Waals surface area contributed by atoms with Gasteiger partial charge in [0.15, 0.2) is 5.82 Å². The van der Waals surface area contributed by atoms with E-state index in [-0.39, 0.29) is 11.0 Å². The lowest BCUT2D eigenvalue weighted by Gasteiger charge is -2.18. The number of rotatable bonds is 2. The minimum Gasteiger partial charge on any atom is -0.266 e. The number of fused-ring (bicyclic) bond motifs is 1. The molecule has 0 saturated carbocycles. The van der Waals surface area contributed by atoms with E-state index in [1.807, 2.05) is 30.3 Å². The minimum absolute atomic E-state index is 0.0969. The van der Waals surface area contributed by atoms with Gasteiger partial charge in [-0.25, -0.2) is 0 Å². The molecule has 0 unspecified atom stereocenters. The molecule has 0 aliphatic rings. The topological polar surface area (TPSA) is 60.2 Å². The molecular weight excluding hydrogens is 344 g/mol. The van der Waals surface area contributed by atoms with Gasteiger partial charge in [-0.05, 0) is 28.7 Å². The van der Waals surface area contributed by atoms with E-state index in [9.17, 15) is 4.79 Å². The fourth-order valence-electron chi connectivity index (χ4n) is 2.69. The van der Waals surface area contributed by atoms with Crippen molar-refractivity contribution >= 4 is 22.4 Å². The van der Waals surface area contributed by atoms with Crippen molar-refractivity contribution in [1.29, 1.82) is 0 Å². The smallest absolute Gasteiger partial charge is 0.266 e. The van der Waals surface area contributed by atoms with Crippen LogP contribution in [0.2, 0.25) is 0 Å². The van der Waals surface area contributed by atoms with Gasteiger partial charge in [0.25, 0.3) is 5.56 Å². The van der Waals surface area contributed by atoms with Gasteiger partial charge in [0, 0.05) is 18.0 Å². The highest BCUT2D eigenvalue weighted by atomic mass is 32.1. The zero-order chi connectivity index (χ0) is 18.3. The summed E-state index contributed by atoms with van der Waals surface area (Å²) < 4.78 is 1.97. The van der Waals surface area contributed by atoms with Crippen molar-refractivity contribution in [2.75, 3.05) is 0 Å². The molecule has 5 nitrogen and oxygen atoms in total. The van der Waals surface area contributed by atoms with E-state index in [0.717, 1.165) is 11.1 Å². The van der Waals surface area contributed by atoms with E-state index in [1.54, 1.807) is 12.4 Å². The summed E-state index contributed by atoms with van der Waals surface area (Å²) in [5.74, 6) is 0.571. The van der Waals surface area contributed by atoms with Crippen LogP contribution in [-0.2, 0) is 5.41 Å². The number of aromatic nitrogens is 4. The summed E-state index contributed by atoms with van der Waals surface area (Å²) in [7, 11) is 0. The molecule has 3 aromatic heterocycles. The van der Waals surface area contributed by atoms with Crippen LogP contribution in [0.4, 0.5) is 0 Å². The third-order valence-electron chi connectivity index (χ3n) is 4.17.